The Morgan fingerprint density at radius 1 is 1.32 bits per heavy atom. The van der Waals surface area contributed by atoms with Crippen molar-refractivity contribution in [1.29, 1.82) is 0 Å². The van der Waals surface area contributed by atoms with Crippen LogP contribution in [0.15, 0.2) is 0 Å². The Kier molecular flexibility index (Phi) is 5.26. The Balaban J connectivity index is 1.99. The number of piperidine rings is 2. The number of amides is 1. The van der Waals surface area contributed by atoms with Crippen molar-refractivity contribution in [3.05, 3.63) is 0 Å². The highest BCUT2D eigenvalue weighted by Gasteiger charge is 2.41. The molecule has 0 aromatic rings. The number of hydrogen-bond donors (Lipinski definition) is 1. The highest BCUT2D eigenvalue weighted by Crippen LogP contribution is 2.35. The van der Waals surface area contributed by atoms with E-state index in [9.17, 15) is 4.79 Å². The topological polar surface area (TPSA) is 32.3 Å². The highest BCUT2D eigenvalue weighted by molar-refractivity contribution is 5.83. The Morgan fingerprint density at radius 3 is 2.58 bits per heavy atom. The van der Waals surface area contributed by atoms with E-state index in [2.05, 4.69) is 24.1 Å². The van der Waals surface area contributed by atoms with Crippen LogP contribution in [0.2, 0.25) is 0 Å². The first kappa shape index (κ1) is 14.8. The fourth-order valence-corrected chi connectivity index (χ4v) is 3.83. The van der Waals surface area contributed by atoms with Crippen LogP contribution in [-0.4, -0.2) is 37.0 Å². The van der Waals surface area contributed by atoms with Crippen LogP contribution in [-0.2, 0) is 4.79 Å². The Morgan fingerprint density at radius 2 is 2.05 bits per heavy atom. The van der Waals surface area contributed by atoms with Gasteiger partial charge in [0.25, 0.3) is 0 Å². The molecule has 1 atom stereocenters. The summed E-state index contributed by atoms with van der Waals surface area (Å²) in [5, 5.41) is 3.45. The van der Waals surface area contributed by atoms with Gasteiger partial charge >= 0.3 is 0 Å². The maximum atomic E-state index is 12.9. The standard InChI is InChI=1S/C16H30N2O/c1-3-8-16(9-5-10-17-13-16)15(19)18-11-6-14(4-2)7-12-18/h14,17H,3-13H2,1-2H3. The smallest absolute Gasteiger partial charge is 0.230 e. The van der Waals surface area contributed by atoms with Gasteiger partial charge in [-0.25, -0.2) is 0 Å². The second-order valence-corrected chi connectivity index (χ2v) is 6.45. The summed E-state index contributed by atoms with van der Waals surface area (Å²) in [5.74, 6) is 1.28. The van der Waals surface area contributed by atoms with E-state index in [0.717, 1.165) is 57.8 Å². The summed E-state index contributed by atoms with van der Waals surface area (Å²) < 4.78 is 0. The number of hydrogen-bond acceptors (Lipinski definition) is 2. The van der Waals surface area contributed by atoms with Gasteiger partial charge in [-0.3, -0.25) is 4.79 Å². The molecule has 0 aromatic heterocycles. The van der Waals surface area contributed by atoms with Crippen LogP contribution in [0, 0.1) is 11.3 Å². The van der Waals surface area contributed by atoms with Crippen molar-refractivity contribution in [2.24, 2.45) is 11.3 Å². The van der Waals surface area contributed by atoms with E-state index in [4.69, 9.17) is 0 Å². The molecule has 2 saturated heterocycles. The predicted molar refractivity (Wildman–Crippen MR) is 79.0 cm³/mol. The van der Waals surface area contributed by atoms with Gasteiger partial charge in [0.2, 0.25) is 5.91 Å². The third-order valence-electron chi connectivity index (χ3n) is 5.13. The van der Waals surface area contributed by atoms with Crippen molar-refractivity contribution in [1.82, 2.24) is 10.2 Å². The van der Waals surface area contributed by atoms with E-state index in [1.165, 1.54) is 19.3 Å². The molecule has 3 nitrogen and oxygen atoms in total. The molecule has 0 aliphatic carbocycles. The summed E-state index contributed by atoms with van der Waals surface area (Å²) in [6.45, 7) is 8.42. The third-order valence-corrected chi connectivity index (χ3v) is 5.13. The molecule has 0 aromatic carbocycles. The summed E-state index contributed by atoms with van der Waals surface area (Å²) in [5.41, 5.74) is -0.0912. The van der Waals surface area contributed by atoms with Gasteiger partial charge in [-0.15, -0.1) is 0 Å². The van der Waals surface area contributed by atoms with Crippen LogP contribution >= 0.6 is 0 Å². The number of rotatable bonds is 4. The minimum Gasteiger partial charge on any atom is -0.342 e. The SMILES string of the molecule is CCCC1(C(=O)N2CCC(CC)CC2)CCCNC1. The molecular weight excluding hydrogens is 236 g/mol. The van der Waals surface area contributed by atoms with Crippen molar-refractivity contribution in [3.8, 4) is 0 Å². The number of carbonyl (C=O) groups is 1. The van der Waals surface area contributed by atoms with Crippen molar-refractivity contribution >= 4 is 5.91 Å². The third kappa shape index (κ3) is 3.31. The fourth-order valence-electron chi connectivity index (χ4n) is 3.83. The number of nitrogens with one attached hydrogen (secondary N) is 1. The summed E-state index contributed by atoms with van der Waals surface area (Å²) in [6, 6.07) is 0. The van der Waals surface area contributed by atoms with Gasteiger partial charge < -0.3 is 10.2 Å². The average molecular weight is 266 g/mol. The lowest BCUT2D eigenvalue weighted by Gasteiger charge is -2.42. The van der Waals surface area contributed by atoms with E-state index in [0.29, 0.717) is 5.91 Å². The zero-order valence-electron chi connectivity index (χ0n) is 12.7. The maximum Gasteiger partial charge on any atom is 0.230 e. The van der Waals surface area contributed by atoms with Gasteiger partial charge in [0.1, 0.15) is 0 Å². The van der Waals surface area contributed by atoms with E-state index in [1.807, 2.05) is 0 Å². The van der Waals surface area contributed by atoms with E-state index >= 15 is 0 Å². The lowest BCUT2D eigenvalue weighted by Crippen LogP contribution is -2.53. The zero-order chi connectivity index (χ0) is 13.7. The first-order chi connectivity index (χ1) is 9.22. The largest absolute Gasteiger partial charge is 0.342 e. The molecule has 0 saturated carbocycles. The van der Waals surface area contributed by atoms with Crippen LogP contribution in [0.3, 0.4) is 0 Å². The van der Waals surface area contributed by atoms with Gasteiger partial charge in [0.05, 0.1) is 5.41 Å². The van der Waals surface area contributed by atoms with Crippen molar-refractivity contribution in [3.63, 3.8) is 0 Å². The number of likely N-dealkylation sites (tertiary alicyclic amines) is 1. The Hall–Kier alpha value is -0.570. The van der Waals surface area contributed by atoms with Gasteiger partial charge in [-0.05, 0) is 44.6 Å². The summed E-state index contributed by atoms with van der Waals surface area (Å²) >= 11 is 0. The molecule has 2 rings (SSSR count). The average Bonchev–Trinajstić information content (AvgIpc) is 2.48. The van der Waals surface area contributed by atoms with Crippen molar-refractivity contribution in [2.75, 3.05) is 26.2 Å². The quantitative estimate of drug-likeness (QED) is 0.848. The molecule has 110 valence electrons. The minimum atomic E-state index is -0.0912. The zero-order valence-corrected chi connectivity index (χ0v) is 12.7. The van der Waals surface area contributed by atoms with Gasteiger partial charge in [0, 0.05) is 19.6 Å². The molecule has 1 amide bonds. The molecule has 1 unspecified atom stereocenters. The van der Waals surface area contributed by atoms with Crippen molar-refractivity contribution < 1.29 is 4.79 Å². The van der Waals surface area contributed by atoms with Gasteiger partial charge in [-0.1, -0.05) is 26.7 Å². The van der Waals surface area contributed by atoms with E-state index < -0.39 is 0 Å². The molecule has 2 fully saturated rings. The summed E-state index contributed by atoms with van der Waals surface area (Å²) in [7, 11) is 0. The van der Waals surface area contributed by atoms with E-state index in [1.54, 1.807) is 0 Å². The Bertz CT molecular complexity index is 284. The lowest BCUT2D eigenvalue weighted by atomic mass is 9.75. The molecule has 2 aliphatic heterocycles. The molecule has 0 spiro atoms. The molecule has 2 aliphatic rings. The molecule has 19 heavy (non-hydrogen) atoms. The molecule has 0 radical (unpaired) electrons. The van der Waals surface area contributed by atoms with Crippen LogP contribution in [0.5, 0.6) is 0 Å². The number of nitrogens with zero attached hydrogens (tertiary/aromatic N) is 1. The minimum absolute atomic E-state index is 0.0912. The monoisotopic (exact) mass is 266 g/mol. The normalized spacial score (nSPS) is 29.5. The van der Waals surface area contributed by atoms with Crippen LogP contribution in [0.1, 0.15) is 58.8 Å². The van der Waals surface area contributed by atoms with E-state index in [-0.39, 0.29) is 5.41 Å². The molecule has 1 N–H and O–H groups in total. The first-order valence-electron chi connectivity index (χ1n) is 8.22. The second-order valence-electron chi connectivity index (χ2n) is 6.45. The summed E-state index contributed by atoms with van der Waals surface area (Å²) in [6.07, 6.45) is 8.07. The number of carbonyl (C=O) groups excluding carboxylic acids is 1. The Labute approximate surface area is 118 Å². The highest BCUT2D eigenvalue weighted by atomic mass is 16.2. The molecule has 0 bridgehead atoms. The fraction of sp³-hybridized carbons (Fsp3) is 0.938. The first-order valence-corrected chi connectivity index (χ1v) is 8.22. The van der Waals surface area contributed by atoms with Crippen molar-refractivity contribution in [2.45, 2.75) is 58.8 Å². The second kappa shape index (κ2) is 6.74. The lowest BCUT2D eigenvalue weighted by molar-refractivity contribution is -0.145. The molecule has 3 heteroatoms. The van der Waals surface area contributed by atoms with Gasteiger partial charge in [0.15, 0.2) is 0 Å². The maximum absolute atomic E-state index is 12.9. The van der Waals surface area contributed by atoms with Gasteiger partial charge in [-0.2, -0.15) is 0 Å². The van der Waals surface area contributed by atoms with Crippen LogP contribution in [0.25, 0.3) is 0 Å². The predicted octanol–water partition coefficient (Wildman–Crippen LogP) is 2.80. The summed E-state index contributed by atoms with van der Waals surface area (Å²) in [4.78, 5) is 15.1. The van der Waals surface area contributed by atoms with Crippen LogP contribution in [0.4, 0.5) is 0 Å². The molecule has 2 heterocycles. The molecular formula is C16H30N2O. The van der Waals surface area contributed by atoms with Crippen LogP contribution < -0.4 is 5.32 Å².